The normalized spacial score (nSPS) is 13.7. The molecule has 1 aromatic carbocycles. The molecule has 1 unspecified atom stereocenters. The lowest BCUT2D eigenvalue weighted by Crippen LogP contribution is -2.44. The van der Waals surface area contributed by atoms with E-state index in [1.54, 1.807) is 0 Å². The van der Waals surface area contributed by atoms with Gasteiger partial charge < -0.3 is 14.2 Å². The van der Waals surface area contributed by atoms with E-state index in [1.807, 2.05) is 0 Å². The number of benzene rings is 1. The van der Waals surface area contributed by atoms with Gasteiger partial charge in [-0.1, -0.05) is 37.3 Å². The first-order valence-electron chi connectivity index (χ1n) is 9.35. The number of hydrogen-bond donors (Lipinski definition) is 0. The predicted molar refractivity (Wildman–Crippen MR) is 108 cm³/mol. The van der Waals surface area contributed by atoms with Crippen LogP contribution in [0.5, 0.6) is 0 Å². The first kappa shape index (κ1) is 21.4. The van der Waals surface area contributed by atoms with Gasteiger partial charge in [0.25, 0.3) is 0 Å². The van der Waals surface area contributed by atoms with Gasteiger partial charge in [0.1, 0.15) is 0 Å². The van der Waals surface area contributed by atoms with Crippen molar-refractivity contribution < 1.29 is 4.43 Å². The van der Waals surface area contributed by atoms with Crippen molar-refractivity contribution in [1.29, 1.82) is 0 Å². The van der Waals surface area contributed by atoms with Crippen molar-refractivity contribution in [3.05, 3.63) is 35.9 Å². The molecule has 0 N–H and O–H groups in total. The largest absolute Gasteiger partial charge is 0.420 e. The highest BCUT2D eigenvalue weighted by Crippen LogP contribution is 2.32. The van der Waals surface area contributed by atoms with Crippen LogP contribution in [-0.2, 0) is 10.8 Å². The van der Waals surface area contributed by atoms with E-state index >= 15 is 0 Å². The van der Waals surface area contributed by atoms with Gasteiger partial charge in [-0.15, -0.1) is 0 Å². The first-order chi connectivity index (χ1) is 11.4. The van der Waals surface area contributed by atoms with Gasteiger partial charge in [0, 0.05) is 19.7 Å². The van der Waals surface area contributed by atoms with Crippen molar-refractivity contribution in [3.63, 3.8) is 0 Å². The minimum absolute atomic E-state index is 0.343. The summed E-state index contributed by atoms with van der Waals surface area (Å²) >= 11 is 0. The third-order valence-corrected chi connectivity index (χ3v) is 7.77. The third kappa shape index (κ3) is 7.93. The molecule has 0 aliphatic rings. The van der Waals surface area contributed by atoms with E-state index in [4.69, 9.17) is 4.43 Å². The van der Waals surface area contributed by atoms with Gasteiger partial charge in [0.15, 0.2) is 9.04 Å². The van der Waals surface area contributed by atoms with Crippen LogP contribution >= 0.6 is 0 Å². The number of rotatable bonds is 12. The van der Waals surface area contributed by atoms with Crippen LogP contribution in [0.4, 0.5) is 0 Å². The summed E-state index contributed by atoms with van der Waals surface area (Å²) in [6, 6.07) is 13.4. The maximum absolute atomic E-state index is 6.29. The average Bonchev–Trinajstić information content (AvgIpc) is 2.52. The Morgan fingerprint density at radius 3 is 2.00 bits per heavy atom. The molecular formula is C20H38N2OSi. The topological polar surface area (TPSA) is 15.7 Å². The highest BCUT2D eigenvalue weighted by molar-refractivity contribution is 6.52. The fourth-order valence-electron chi connectivity index (χ4n) is 3.82. The Bertz CT molecular complexity index is 427. The molecule has 3 nitrogen and oxygen atoms in total. The molecule has 0 bridgehead atoms. The van der Waals surface area contributed by atoms with Gasteiger partial charge in [0.05, 0.1) is 0 Å². The van der Waals surface area contributed by atoms with Crippen LogP contribution < -0.4 is 0 Å². The quantitative estimate of drug-likeness (QED) is 0.537. The first-order valence-corrected chi connectivity index (χ1v) is 11.5. The summed E-state index contributed by atoms with van der Waals surface area (Å²) in [4.78, 5) is 4.70. The summed E-state index contributed by atoms with van der Waals surface area (Å²) in [5.41, 5.74) is 1.78. The molecule has 0 heterocycles. The van der Waals surface area contributed by atoms with E-state index in [0.717, 1.165) is 26.1 Å². The van der Waals surface area contributed by atoms with E-state index in [-0.39, 0.29) is 0 Å². The van der Waals surface area contributed by atoms with Crippen LogP contribution in [0.3, 0.4) is 0 Å². The molecule has 24 heavy (non-hydrogen) atoms. The molecule has 4 heteroatoms. The summed E-state index contributed by atoms with van der Waals surface area (Å²) < 4.78 is 6.29. The molecular weight excluding hydrogens is 312 g/mol. The molecule has 0 saturated heterocycles. The Balaban J connectivity index is 2.78. The van der Waals surface area contributed by atoms with E-state index in [9.17, 15) is 0 Å². The van der Waals surface area contributed by atoms with Crippen molar-refractivity contribution in [2.45, 2.75) is 38.8 Å². The van der Waals surface area contributed by atoms with E-state index in [0.29, 0.717) is 5.41 Å². The maximum atomic E-state index is 6.29. The second kappa shape index (κ2) is 11.0. The maximum Gasteiger partial charge on any atom is 0.177 e. The summed E-state index contributed by atoms with van der Waals surface area (Å²) in [7, 11) is 7.57. The highest BCUT2D eigenvalue weighted by atomic mass is 28.3. The van der Waals surface area contributed by atoms with E-state index in [2.05, 4.69) is 82.2 Å². The summed E-state index contributed by atoms with van der Waals surface area (Å²) in [5, 5.41) is 0. The Labute approximate surface area is 151 Å². The van der Waals surface area contributed by atoms with Crippen LogP contribution in [0.15, 0.2) is 30.3 Å². The van der Waals surface area contributed by atoms with E-state index < -0.39 is 9.04 Å². The van der Waals surface area contributed by atoms with Crippen molar-refractivity contribution in [3.8, 4) is 0 Å². The highest BCUT2D eigenvalue weighted by Gasteiger charge is 2.33. The SMILES string of the molecule is CCO[SiH](CCc1ccccc1)CC(CC)(CN(C)C)CN(C)C. The Hall–Kier alpha value is -0.683. The van der Waals surface area contributed by atoms with Crippen molar-refractivity contribution in [2.75, 3.05) is 47.9 Å². The van der Waals surface area contributed by atoms with Crippen molar-refractivity contribution in [1.82, 2.24) is 9.80 Å². The minimum atomic E-state index is -1.22. The molecule has 0 saturated carbocycles. The smallest absolute Gasteiger partial charge is 0.177 e. The van der Waals surface area contributed by atoms with E-state index in [1.165, 1.54) is 24.1 Å². The minimum Gasteiger partial charge on any atom is -0.420 e. The second-order valence-corrected chi connectivity index (χ2v) is 10.2. The summed E-state index contributed by atoms with van der Waals surface area (Å²) in [6.07, 6.45) is 2.37. The van der Waals surface area contributed by atoms with Crippen LogP contribution in [-0.4, -0.2) is 66.7 Å². The molecule has 1 rings (SSSR count). The lowest BCUT2D eigenvalue weighted by atomic mass is 9.86. The molecule has 0 radical (unpaired) electrons. The molecule has 0 aliphatic heterocycles. The van der Waals surface area contributed by atoms with Crippen LogP contribution in [0, 0.1) is 5.41 Å². The number of nitrogens with zero attached hydrogens (tertiary/aromatic N) is 2. The Morgan fingerprint density at radius 2 is 1.54 bits per heavy atom. The van der Waals surface area contributed by atoms with Crippen molar-refractivity contribution >= 4 is 9.04 Å². The molecule has 1 aromatic rings. The fourth-order valence-corrected chi connectivity index (χ4v) is 6.95. The molecule has 1 atom stereocenters. The zero-order chi connectivity index (χ0) is 18.0. The van der Waals surface area contributed by atoms with Crippen LogP contribution in [0.25, 0.3) is 0 Å². The van der Waals surface area contributed by atoms with Gasteiger partial charge in [0.2, 0.25) is 0 Å². The van der Waals surface area contributed by atoms with Crippen LogP contribution in [0.2, 0.25) is 12.1 Å². The standard InChI is InChI=1S/C20H38N2OSi/c1-7-20(16-21(3)4,17-22(5)6)18-24(23-8-2)15-14-19-12-10-9-11-13-19/h9-13,24H,7-8,14-18H2,1-6H3. The Kier molecular flexibility index (Phi) is 9.82. The molecule has 0 fully saturated rings. The van der Waals surface area contributed by atoms with Gasteiger partial charge in [-0.3, -0.25) is 0 Å². The fraction of sp³-hybridized carbons (Fsp3) is 0.700. The van der Waals surface area contributed by atoms with Gasteiger partial charge >= 0.3 is 0 Å². The summed E-state index contributed by atoms with van der Waals surface area (Å²) in [5.74, 6) is 0. The van der Waals surface area contributed by atoms with Gasteiger partial charge in [-0.2, -0.15) is 0 Å². The molecule has 0 aromatic heterocycles. The number of hydrogen-bond acceptors (Lipinski definition) is 3. The van der Waals surface area contributed by atoms with Crippen LogP contribution in [0.1, 0.15) is 25.8 Å². The van der Waals surface area contributed by atoms with Gasteiger partial charge in [-0.25, -0.2) is 0 Å². The zero-order valence-corrected chi connectivity index (χ0v) is 17.9. The number of aryl methyl sites for hydroxylation is 1. The predicted octanol–water partition coefficient (Wildman–Crippen LogP) is 3.51. The monoisotopic (exact) mass is 350 g/mol. The average molecular weight is 351 g/mol. The summed E-state index contributed by atoms with van der Waals surface area (Å²) in [6.45, 7) is 7.64. The molecule has 0 spiro atoms. The Morgan fingerprint density at radius 1 is 0.958 bits per heavy atom. The second-order valence-electron chi connectivity index (χ2n) is 7.63. The zero-order valence-electron chi connectivity index (χ0n) is 16.7. The third-order valence-electron chi connectivity index (χ3n) is 4.71. The molecule has 0 amide bonds. The lowest BCUT2D eigenvalue weighted by molar-refractivity contribution is 0.150. The van der Waals surface area contributed by atoms with Crippen molar-refractivity contribution in [2.24, 2.45) is 5.41 Å². The lowest BCUT2D eigenvalue weighted by Gasteiger charge is -2.39. The molecule has 138 valence electrons. The molecule has 0 aliphatic carbocycles. The van der Waals surface area contributed by atoms with Gasteiger partial charge in [-0.05, 0) is 71.0 Å².